The zero-order valence-electron chi connectivity index (χ0n) is 14.0. The van der Waals surface area contributed by atoms with Crippen molar-refractivity contribution in [3.05, 3.63) is 24.0 Å². The first-order valence-corrected chi connectivity index (χ1v) is 8.56. The maximum Gasteiger partial charge on any atom is 0.463 e. The SMILES string of the molecule is O=C(NCCCCN1CC2C=CC=C3NCC(C1)N32)C(F)(F)C(F)(F)F. The van der Waals surface area contributed by atoms with E-state index in [9.17, 15) is 26.7 Å². The van der Waals surface area contributed by atoms with Gasteiger partial charge in [-0.2, -0.15) is 22.0 Å². The predicted molar refractivity (Wildman–Crippen MR) is 84.3 cm³/mol. The molecule has 0 spiro atoms. The Labute approximate surface area is 147 Å². The van der Waals surface area contributed by atoms with Crippen LogP contribution >= 0.6 is 0 Å². The number of carbonyl (C=O) groups is 1. The highest BCUT2D eigenvalue weighted by Crippen LogP contribution is 2.35. The Bertz CT molecular complexity index is 604. The molecule has 0 aromatic heterocycles. The summed E-state index contributed by atoms with van der Waals surface area (Å²) in [6.07, 6.45) is 1.28. The molecule has 0 aromatic carbocycles. The number of nitrogens with zero attached hydrogens (tertiary/aromatic N) is 2. The molecule has 2 atom stereocenters. The molecule has 3 aliphatic rings. The van der Waals surface area contributed by atoms with Crippen molar-refractivity contribution in [2.75, 3.05) is 32.7 Å². The first-order chi connectivity index (χ1) is 12.2. The van der Waals surface area contributed by atoms with Gasteiger partial charge in [0.2, 0.25) is 0 Å². The van der Waals surface area contributed by atoms with Crippen molar-refractivity contribution in [3.63, 3.8) is 0 Å². The van der Waals surface area contributed by atoms with Crippen LogP contribution in [0.1, 0.15) is 12.8 Å². The molecule has 0 aliphatic carbocycles. The first kappa shape index (κ1) is 18.9. The average Bonchev–Trinajstić information content (AvgIpc) is 2.98. The molecule has 0 aromatic rings. The molecular formula is C16H21F5N4O. The topological polar surface area (TPSA) is 47.6 Å². The highest BCUT2D eigenvalue weighted by Gasteiger charge is 2.63. The van der Waals surface area contributed by atoms with Crippen molar-refractivity contribution in [2.45, 2.75) is 37.0 Å². The molecule has 146 valence electrons. The van der Waals surface area contributed by atoms with E-state index in [2.05, 4.69) is 21.2 Å². The third-order valence-electron chi connectivity index (χ3n) is 4.88. The van der Waals surface area contributed by atoms with Crippen LogP contribution in [0.2, 0.25) is 0 Å². The number of amides is 1. The zero-order chi connectivity index (χ0) is 18.9. The number of piperazine rings is 1. The Hall–Kier alpha value is -1.84. The second-order valence-corrected chi connectivity index (χ2v) is 6.74. The van der Waals surface area contributed by atoms with E-state index in [0.29, 0.717) is 25.4 Å². The van der Waals surface area contributed by atoms with Crippen molar-refractivity contribution < 1.29 is 26.7 Å². The second-order valence-electron chi connectivity index (χ2n) is 6.74. The molecule has 3 rings (SSSR count). The van der Waals surface area contributed by atoms with Crippen LogP contribution in [-0.2, 0) is 4.79 Å². The fourth-order valence-electron chi connectivity index (χ4n) is 3.59. The van der Waals surface area contributed by atoms with Gasteiger partial charge in [0, 0.05) is 26.2 Å². The summed E-state index contributed by atoms with van der Waals surface area (Å²) in [5.41, 5.74) is 0. The third kappa shape index (κ3) is 3.65. The van der Waals surface area contributed by atoms with Gasteiger partial charge in [-0.15, -0.1) is 0 Å². The Balaban J connectivity index is 1.38. The zero-order valence-corrected chi connectivity index (χ0v) is 14.0. The van der Waals surface area contributed by atoms with Gasteiger partial charge in [-0.05, 0) is 25.5 Å². The van der Waals surface area contributed by atoms with Gasteiger partial charge in [0.15, 0.2) is 0 Å². The van der Waals surface area contributed by atoms with E-state index in [1.54, 1.807) is 5.32 Å². The van der Waals surface area contributed by atoms with Crippen LogP contribution in [0.5, 0.6) is 0 Å². The highest BCUT2D eigenvalue weighted by atomic mass is 19.4. The number of hydrogen-bond acceptors (Lipinski definition) is 4. The van der Waals surface area contributed by atoms with Gasteiger partial charge in [-0.1, -0.05) is 12.2 Å². The smallest absolute Gasteiger partial charge is 0.370 e. The Morgan fingerprint density at radius 3 is 2.73 bits per heavy atom. The van der Waals surface area contributed by atoms with Gasteiger partial charge in [-0.3, -0.25) is 9.69 Å². The summed E-state index contributed by atoms with van der Waals surface area (Å²) in [5, 5.41) is 5.04. The molecule has 0 radical (unpaired) electrons. The standard InChI is InChI=1S/C16H21F5N4O/c17-15(18,16(19,20)21)14(26)22-6-1-2-7-24-9-11-4-3-5-13-23-8-12(10-24)25(11)13/h3-5,11-12,23H,1-2,6-10H2,(H,22,26). The Morgan fingerprint density at radius 2 is 2.00 bits per heavy atom. The number of unbranched alkanes of at least 4 members (excludes halogenated alkanes) is 1. The maximum atomic E-state index is 12.8. The van der Waals surface area contributed by atoms with Crippen molar-refractivity contribution in [1.29, 1.82) is 0 Å². The molecule has 3 aliphatic heterocycles. The molecule has 26 heavy (non-hydrogen) atoms. The van der Waals surface area contributed by atoms with Gasteiger partial charge in [0.25, 0.3) is 5.91 Å². The van der Waals surface area contributed by atoms with Crippen molar-refractivity contribution in [2.24, 2.45) is 0 Å². The minimum Gasteiger partial charge on any atom is -0.370 e. The van der Waals surface area contributed by atoms with Crippen molar-refractivity contribution >= 4 is 5.91 Å². The molecule has 1 amide bonds. The molecule has 3 heterocycles. The van der Waals surface area contributed by atoms with Crippen LogP contribution in [0.25, 0.3) is 0 Å². The summed E-state index contributed by atoms with van der Waals surface area (Å²) in [6.45, 7) is 3.08. The van der Waals surface area contributed by atoms with E-state index in [1.807, 2.05) is 12.2 Å². The lowest BCUT2D eigenvalue weighted by atomic mass is 10.0. The van der Waals surface area contributed by atoms with Crippen LogP contribution < -0.4 is 10.6 Å². The van der Waals surface area contributed by atoms with E-state index in [4.69, 9.17) is 0 Å². The molecule has 10 heteroatoms. The summed E-state index contributed by atoms with van der Waals surface area (Å²) >= 11 is 0. The Kier molecular flexibility index (Phi) is 5.14. The quantitative estimate of drug-likeness (QED) is 0.541. The molecule has 0 bridgehead atoms. The predicted octanol–water partition coefficient (Wildman–Crippen LogP) is 1.45. The van der Waals surface area contributed by atoms with Gasteiger partial charge in [-0.25, -0.2) is 0 Å². The summed E-state index contributed by atoms with van der Waals surface area (Å²) in [7, 11) is 0. The number of alkyl halides is 5. The fourth-order valence-corrected chi connectivity index (χ4v) is 3.59. The minimum absolute atomic E-state index is 0.203. The molecule has 0 saturated carbocycles. The summed E-state index contributed by atoms with van der Waals surface area (Å²) in [4.78, 5) is 15.6. The highest BCUT2D eigenvalue weighted by molar-refractivity contribution is 5.84. The van der Waals surface area contributed by atoms with E-state index in [-0.39, 0.29) is 12.6 Å². The molecule has 2 saturated heterocycles. The normalized spacial score (nSPS) is 25.6. The number of rotatable bonds is 6. The van der Waals surface area contributed by atoms with E-state index in [1.165, 1.54) is 0 Å². The van der Waals surface area contributed by atoms with Gasteiger partial charge < -0.3 is 15.5 Å². The fraction of sp³-hybridized carbons (Fsp3) is 0.688. The second kappa shape index (κ2) is 7.05. The van der Waals surface area contributed by atoms with Crippen LogP contribution in [0.15, 0.2) is 24.0 Å². The van der Waals surface area contributed by atoms with Crippen LogP contribution in [0.3, 0.4) is 0 Å². The lowest BCUT2D eigenvalue weighted by Crippen LogP contribution is -2.56. The molecule has 2 fully saturated rings. The first-order valence-electron chi connectivity index (χ1n) is 8.56. The van der Waals surface area contributed by atoms with Gasteiger partial charge in [0.1, 0.15) is 5.82 Å². The summed E-state index contributed by atoms with van der Waals surface area (Å²) in [5.74, 6) is -6.50. The van der Waals surface area contributed by atoms with E-state index < -0.39 is 18.0 Å². The van der Waals surface area contributed by atoms with Crippen LogP contribution in [-0.4, -0.2) is 72.6 Å². The van der Waals surface area contributed by atoms with Gasteiger partial charge >= 0.3 is 12.1 Å². The van der Waals surface area contributed by atoms with Crippen LogP contribution in [0, 0.1) is 0 Å². The Morgan fingerprint density at radius 1 is 1.23 bits per heavy atom. The van der Waals surface area contributed by atoms with Crippen LogP contribution in [0.4, 0.5) is 22.0 Å². The largest absolute Gasteiger partial charge is 0.463 e. The molecule has 2 N–H and O–H groups in total. The minimum atomic E-state index is -5.87. The number of carbonyl (C=O) groups excluding carboxylic acids is 1. The number of halogens is 5. The van der Waals surface area contributed by atoms with Crippen molar-refractivity contribution in [1.82, 2.24) is 20.4 Å². The molecule has 2 unspecified atom stereocenters. The van der Waals surface area contributed by atoms with Gasteiger partial charge in [0.05, 0.1) is 12.1 Å². The summed E-state index contributed by atoms with van der Waals surface area (Å²) < 4.78 is 61.8. The van der Waals surface area contributed by atoms with E-state index in [0.717, 1.165) is 25.5 Å². The number of allylic oxidation sites excluding steroid dienone is 2. The number of hydrogen-bond donors (Lipinski definition) is 2. The third-order valence-corrected chi connectivity index (χ3v) is 4.88. The average molecular weight is 380 g/mol. The lowest BCUT2D eigenvalue weighted by molar-refractivity contribution is -0.269. The monoisotopic (exact) mass is 380 g/mol. The van der Waals surface area contributed by atoms with E-state index >= 15 is 0 Å². The lowest BCUT2D eigenvalue weighted by Gasteiger charge is -2.44. The number of nitrogens with one attached hydrogen (secondary N) is 2. The maximum absolute atomic E-state index is 12.8. The van der Waals surface area contributed by atoms with Crippen molar-refractivity contribution in [3.8, 4) is 0 Å². The molecule has 5 nitrogen and oxygen atoms in total. The summed E-state index contributed by atoms with van der Waals surface area (Å²) in [6, 6.07) is 0.657. The molecular weight excluding hydrogens is 359 g/mol.